The normalized spacial score (nSPS) is 8.00. The van der Waals surface area contributed by atoms with Crippen molar-refractivity contribution in [3.05, 3.63) is 39.9 Å². The Morgan fingerprint density at radius 3 is 2.33 bits per heavy atom. The third-order valence-corrected chi connectivity index (χ3v) is 1.37. The number of benzene rings is 1. The predicted octanol–water partition coefficient (Wildman–Crippen LogP) is 1.22. The maximum Gasteiger partial charge on any atom is 0.282 e. The molecule has 0 unspecified atom stereocenters. The first-order chi connectivity index (χ1) is 7.04. The summed E-state index contributed by atoms with van der Waals surface area (Å²) in [5.41, 5.74) is 4.58. The summed E-state index contributed by atoms with van der Waals surface area (Å²) in [4.78, 5) is 20.3. The highest BCUT2D eigenvalue weighted by molar-refractivity contribution is 5.96. The average molecular weight is 207 g/mol. The monoisotopic (exact) mass is 207 g/mol. The Morgan fingerprint density at radius 1 is 1.53 bits per heavy atom. The first-order valence-electron chi connectivity index (χ1n) is 3.88. The van der Waals surface area contributed by atoms with Crippen LogP contribution < -0.4 is 5.73 Å². The van der Waals surface area contributed by atoms with Gasteiger partial charge in [-0.2, -0.15) is 5.26 Å². The zero-order valence-electron chi connectivity index (χ0n) is 8.01. The van der Waals surface area contributed by atoms with Gasteiger partial charge in [-0.15, -0.1) is 0 Å². The Balaban J connectivity index is 0.000000583. The quantitative estimate of drug-likeness (QED) is 0.580. The fourth-order valence-corrected chi connectivity index (χ4v) is 0.841. The number of nitrogens with two attached hydrogens (primary N) is 1. The van der Waals surface area contributed by atoms with Crippen LogP contribution >= 0.6 is 0 Å². The number of amides is 1. The Hall–Kier alpha value is -2.42. The second-order valence-corrected chi connectivity index (χ2v) is 2.36. The molecule has 15 heavy (non-hydrogen) atoms. The van der Waals surface area contributed by atoms with Crippen LogP contribution in [0, 0.1) is 21.4 Å². The molecule has 0 aliphatic heterocycles. The molecule has 0 spiro atoms. The van der Waals surface area contributed by atoms with E-state index in [2.05, 4.69) is 0 Å². The van der Waals surface area contributed by atoms with Gasteiger partial charge in [0.1, 0.15) is 5.56 Å². The molecule has 2 N–H and O–H groups in total. The van der Waals surface area contributed by atoms with Gasteiger partial charge < -0.3 is 5.73 Å². The topological polar surface area (TPSA) is 110 Å². The molecule has 6 heteroatoms. The van der Waals surface area contributed by atoms with Crippen molar-refractivity contribution in [3.63, 3.8) is 0 Å². The molecule has 0 heterocycles. The largest absolute Gasteiger partial charge is 0.365 e. The lowest BCUT2D eigenvalue weighted by atomic mass is 10.2. The molecule has 0 aromatic heterocycles. The summed E-state index contributed by atoms with van der Waals surface area (Å²) in [7, 11) is 0. The van der Waals surface area contributed by atoms with Crippen molar-refractivity contribution in [3.8, 4) is 6.07 Å². The van der Waals surface area contributed by atoms with Crippen LogP contribution in [0.2, 0.25) is 0 Å². The molecule has 1 aromatic carbocycles. The van der Waals surface area contributed by atoms with Crippen LogP contribution in [0.5, 0.6) is 0 Å². The molecule has 78 valence electrons. The molecule has 0 saturated heterocycles. The van der Waals surface area contributed by atoms with Crippen molar-refractivity contribution < 1.29 is 9.72 Å². The first kappa shape index (κ1) is 12.6. The zero-order chi connectivity index (χ0) is 11.8. The lowest BCUT2D eigenvalue weighted by molar-refractivity contribution is -0.385. The third kappa shape index (κ3) is 3.87. The van der Waals surface area contributed by atoms with E-state index < -0.39 is 10.8 Å². The van der Waals surface area contributed by atoms with Crippen LogP contribution in [0.4, 0.5) is 5.69 Å². The Labute approximate surface area is 86.1 Å². The summed E-state index contributed by atoms with van der Waals surface area (Å²) in [5.74, 6) is -0.790. The maximum atomic E-state index is 10.6. The molecule has 1 aromatic rings. The summed E-state index contributed by atoms with van der Waals surface area (Å²) in [6.45, 7) is 1.43. The number of nitro groups is 1. The molecule has 1 rings (SSSR count). The Morgan fingerprint density at radius 2 is 2.00 bits per heavy atom. The van der Waals surface area contributed by atoms with Crippen molar-refractivity contribution in [2.24, 2.45) is 5.73 Å². The minimum Gasteiger partial charge on any atom is -0.365 e. The highest BCUT2D eigenvalue weighted by Crippen LogP contribution is 2.16. The Kier molecular flexibility index (Phi) is 5.11. The van der Waals surface area contributed by atoms with Gasteiger partial charge in [0.15, 0.2) is 0 Å². The van der Waals surface area contributed by atoms with Crippen LogP contribution in [-0.2, 0) is 0 Å². The lowest BCUT2D eigenvalue weighted by Crippen LogP contribution is -2.12. The molecule has 0 aliphatic carbocycles. The van der Waals surface area contributed by atoms with Crippen LogP contribution in [0.3, 0.4) is 0 Å². The van der Waals surface area contributed by atoms with E-state index in [1.807, 2.05) is 0 Å². The summed E-state index contributed by atoms with van der Waals surface area (Å²) >= 11 is 0. The standard InChI is InChI=1S/C7H6N2O3.C2H3N/c8-7(10)5-3-1-2-4-6(5)9(11)12;1-2-3/h1-4H,(H2,8,10);1H3. The number of nitrogens with zero attached hydrogens (tertiary/aromatic N) is 2. The summed E-state index contributed by atoms with van der Waals surface area (Å²) in [6.07, 6.45) is 0. The number of carbonyl (C=O) groups excluding carboxylic acids is 1. The van der Waals surface area contributed by atoms with E-state index in [0.717, 1.165) is 0 Å². The van der Waals surface area contributed by atoms with E-state index in [9.17, 15) is 14.9 Å². The van der Waals surface area contributed by atoms with Gasteiger partial charge in [-0.3, -0.25) is 14.9 Å². The molecular weight excluding hydrogens is 198 g/mol. The molecule has 0 saturated carbocycles. The number of rotatable bonds is 2. The number of nitro benzene ring substituents is 1. The first-order valence-corrected chi connectivity index (χ1v) is 3.88. The second-order valence-electron chi connectivity index (χ2n) is 2.36. The number of para-hydroxylation sites is 1. The predicted molar refractivity (Wildman–Crippen MR) is 52.9 cm³/mol. The number of hydrogen-bond donors (Lipinski definition) is 1. The van der Waals surface area contributed by atoms with Crippen LogP contribution in [0.25, 0.3) is 0 Å². The number of hydrogen-bond acceptors (Lipinski definition) is 4. The van der Waals surface area contributed by atoms with E-state index in [4.69, 9.17) is 11.0 Å². The van der Waals surface area contributed by atoms with E-state index in [0.29, 0.717) is 0 Å². The van der Waals surface area contributed by atoms with Crippen LogP contribution in [0.1, 0.15) is 17.3 Å². The van der Waals surface area contributed by atoms with Crippen molar-refractivity contribution >= 4 is 11.6 Å². The SMILES string of the molecule is CC#N.NC(=O)c1ccccc1[N+](=O)[O-]. The minimum absolute atomic E-state index is 0.0671. The van der Waals surface area contributed by atoms with Crippen LogP contribution in [0.15, 0.2) is 24.3 Å². The molecule has 0 bridgehead atoms. The molecule has 0 fully saturated rings. The summed E-state index contributed by atoms with van der Waals surface area (Å²) in [5, 5.41) is 17.6. The summed E-state index contributed by atoms with van der Waals surface area (Å²) in [6, 6.07) is 7.30. The summed E-state index contributed by atoms with van der Waals surface area (Å²) < 4.78 is 0. The number of nitriles is 1. The van der Waals surface area contributed by atoms with Gasteiger partial charge in [0.05, 0.1) is 11.0 Å². The highest BCUT2D eigenvalue weighted by atomic mass is 16.6. The van der Waals surface area contributed by atoms with E-state index in [1.165, 1.54) is 31.2 Å². The van der Waals surface area contributed by atoms with Crippen molar-refractivity contribution in [2.45, 2.75) is 6.92 Å². The van der Waals surface area contributed by atoms with Crippen molar-refractivity contribution in [1.82, 2.24) is 0 Å². The molecule has 6 nitrogen and oxygen atoms in total. The smallest absolute Gasteiger partial charge is 0.282 e. The lowest BCUT2D eigenvalue weighted by Gasteiger charge is -1.95. The maximum absolute atomic E-state index is 10.6. The van der Waals surface area contributed by atoms with Gasteiger partial charge in [0.25, 0.3) is 11.6 Å². The van der Waals surface area contributed by atoms with Crippen molar-refractivity contribution in [1.29, 1.82) is 5.26 Å². The molecule has 1 amide bonds. The molecule has 0 atom stereocenters. The van der Waals surface area contributed by atoms with Gasteiger partial charge in [0, 0.05) is 13.0 Å². The fourth-order valence-electron chi connectivity index (χ4n) is 0.841. The number of carbonyl (C=O) groups is 1. The number of primary amides is 1. The zero-order valence-corrected chi connectivity index (χ0v) is 8.01. The van der Waals surface area contributed by atoms with Gasteiger partial charge in [0.2, 0.25) is 0 Å². The van der Waals surface area contributed by atoms with Gasteiger partial charge in [-0.25, -0.2) is 0 Å². The van der Waals surface area contributed by atoms with Gasteiger partial charge >= 0.3 is 0 Å². The Bertz CT molecular complexity index is 376. The van der Waals surface area contributed by atoms with Gasteiger partial charge in [-0.05, 0) is 6.07 Å². The second kappa shape index (κ2) is 6.10. The average Bonchev–Trinajstić information content (AvgIpc) is 2.19. The van der Waals surface area contributed by atoms with E-state index in [1.54, 1.807) is 6.07 Å². The van der Waals surface area contributed by atoms with E-state index in [-0.39, 0.29) is 11.3 Å². The van der Waals surface area contributed by atoms with Gasteiger partial charge in [-0.1, -0.05) is 12.1 Å². The highest BCUT2D eigenvalue weighted by Gasteiger charge is 2.15. The van der Waals surface area contributed by atoms with E-state index >= 15 is 0 Å². The molecule has 0 radical (unpaired) electrons. The fraction of sp³-hybridized carbons (Fsp3) is 0.111. The molecular formula is C9H9N3O3. The minimum atomic E-state index is -0.790. The third-order valence-electron chi connectivity index (χ3n) is 1.37. The van der Waals surface area contributed by atoms with Crippen molar-refractivity contribution in [2.75, 3.05) is 0 Å². The van der Waals surface area contributed by atoms with Crippen LogP contribution in [-0.4, -0.2) is 10.8 Å². The molecule has 0 aliphatic rings.